The van der Waals surface area contributed by atoms with Gasteiger partial charge in [0.25, 0.3) is 0 Å². The first-order chi connectivity index (χ1) is 11.0. The molecule has 0 aliphatic rings. The molecular formula is C17H17F2NO3. The van der Waals surface area contributed by atoms with Crippen LogP contribution in [0.15, 0.2) is 48.5 Å². The van der Waals surface area contributed by atoms with Crippen molar-refractivity contribution >= 4 is 5.91 Å². The third-order valence-corrected chi connectivity index (χ3v) is 3.15. The molecule has 0 saturated carbocycles. The van der Waals surface area contributed by atoms with E-state index in [0.29, 0.717) is 0 Å². The Morgan fingerprint density at radius 3 is 2.65 bits per heavy atom. The number of hydrogen-bond donors (Lipinski definition) is 2. The zero-order valence-electron chi connectivity index (χ0n) is 12.3. The lowest BCUT2D eigenvalue weighted by Gasteiger charge is -2.12. The van der Waals surface area contributed by atoms with Crippen LogP contribution < -0.4 is 5.48 Å². The van der Waals surface area contributed by atoms with Crippen molar-refractivity contribution in [1.29, 1.82) is 0 Å². The van der Waals surface area contributed by atoms with Crippen molar-refractivity contribution in [3.63, 3.8) is 0 Å². The van der Waals surface area contributed by atoms with Crippen molar-refractivity contribution in [1.82, 2.24) is 5.48 Å². The Bertz CT molecular complexity index is 650. The van der Waals surface area contributed by atoms with Crippen molar-refractivity contribution in [3.05, 3.63) is 71.3 Å². The molecule has 4 nitrogen and oxygen atoms in total. The van der Waals surface area contributed by atoms with Crippen molar-refractivity contribution in [2.45, 2.75) is 25.6 Å². The molecule has 0 saturated heterocycles. The number of halogens is 2. The Balaban J connectivity index is 1.75. The van der Waals surface area contributed by atoms with E-state index in [2.05, 4.69) is 5.48 Å². The molecule has 6 heteroatoms. The minimum absolute atomic E-state index is 0.0236. The van der Waals surface area contributed by atoms with Gasteiger partial charge in [-0.3, -0.25) is 9.63 Å². The average Bonchev–Trinajstić information content (AvgIpc) is 2.52. The van der Waals surface area contributed by atoms with Crippen LogP contribution in [0.2, 0.25) is 0 Å². The van der Waals surface area contributed by atoms with Gasteiger partial charge in [0, 0.05) is 6.42 Å². The summed E-state index contributed by atoms with van der Waals surface area (Å²) in [5, 5.41) is 9.80. The van der Waals surface area contributed by atoms with E-state index in [1.165, 1.54) is 0 Å². The lowest BCUT2D eigenvalue weighted by Crippen LogP contribution is -2.28. The summed E-state index contributed by atoms with van der Waals surface area (Å²) in [5.41, 5.74) is 3.12. The summed E-state index contributed by atoms with van der Waals surface area (Å²) in [6.07, 6.45) is -1.56. The number of carbonyl (C=O) groups excluding carboxylic acids is 1. The fourth-order valence-corrected chi connectivity index (χ4v) is 2.06. The molecule has 0 fully saturated rings. The summed E-state index contributed by atoms with van der Waals surface area (Å²) in [4.78, 5) is 16.7. The number of nitrogens with one attached hydrogen (secondary N) is 1. The molecule has 0 aliphatic carbocycles. The van der Waals surface area contributed by atoms with E-state index in [0.717, 1.165) is 23.8 Å². The highest BCUT2D eigenvalue weighted by Gasteiger charge is 2.14. The minimum Gasteiger partial charge on any atom is -0.392 e. The number of rotatable bonds is 7. The molecule has 0 bridgehead atoms. The third kappa shape index (κ3) is 5.77. The minimum atomic E-state index is -1.13. The van der Waals surface area contributed by atoms with Crippen LogP contribution in [-0.4, -0.2) is 17.1 Å². The molecule has 122 valence electrons. The van der Waals surface area contributed by atoms with Gasteiger partial charge in [-0.05, 0) is 29.3 Å². The van der Waals surface area contributed by atoms with Crippen LogP contribution in [0.4, 0.5) is 8.78 Å². The van der Waals surface area contributed by atoms with Gasteiger partial charge in [0.2, 0.25) is 5.91 Å². The summed E-state index contributed by atoms with van der Waals surface area (Å²) in [6.45, 7) is 0.196. The Morgan fingerprint density at radius 2 is 1.91 bits per heavy atom. The van der Waals surface area contributed by atoms with Crippen LogP contribution in [0, 0.1) is 11.6 Å². The summed E-state index contributed by atoms with van der Waals surface area (Å²) in [5.74, 6) is -1.75. The van der Waals surface area contributed by atoms with Crippen LogP contribution in [-0.2, 0) is 22.7 Å². The van der Waals surface area contributed by atoms with Gasteiger partial charge >= 0.3 is 0 Å². The Kier molecular flexibility index (Phi) is 6.19. The van der Waals surface area contributed by atoms with Gasteiger partial charge in [0.05, 0.1) is 19.1 Å². The van der Waals surface area contributed by atoms with Crippen molar-refractivity contribution in [3.8, 4) is 0 Å². The van der Waals surface area contributed by atoms with Gasteiger partial charge < -0.3 is 5.11 Å². The molecular weight excluding hydrogens is 304 g/mol. The van der Waals surface area contributed by atoms with E-state index in [9.17, 15) is 18.7 Å². The standard InChI is InChI=1S/C17H17F2NO3/c18-14-6-7-16(19)13(8-14)9-15(21)10-17(22)20-23-11-12-4-2-1-3-5-12/h1-8,15,21H,9-11H2,(H,20,22)/t15-/m0/s1. The number of aliphatic hydroxyl groups excluding tert-OH is 1. The lowest BCUT2D eigenvalue weighted by atomic mass is 10.0. The molecule has 0 aliphatic heterocycles. The van der Waals surface area contributed by atoms with Gasteiger partial charge in [-0.25, -0.2) is 14.3 Å². The smallest absolute Gasteiger partial charge is 0.246 e. The quantitative estimate of drug-likeness (QED) is 0.771. The van der Waals surface area contributed by atoms with Crippen LogP contribution in [0.25, 0.3) is 0 Å². The number of carbonyl (C=O) groups is 1. The van der Waals surface area contributed by atoms with Crippen molar-refractivity contribution in [2.75, 3.05) is 0 Å². The number of aliphatic hydroxyl groups is 1. The van der Waals surface area contributed by atoms with Crippen LogP contribution in [0.5, 0.6) is 0 Å². The predicted octanol–water partition coefficient (Wildman–Crippen LogP) is 2.51. The molecule has 1 atom stereocenters. The Hall–Kier alpha value is -2.31. The maximum atomic E-state index is 13.5. The summed E-state index contributed by atoms with van der Waals surface area (Å²) < 4.78 is 26.5. The molecule has 2 aromatic carbocycles. The average molecular weight is 321 g/mol. The zero-order chi connectivity index (χ0) is 16.7. The summed E-state index contributed by atoms with van der Waals surface area (Å²) >= 11 is 0. The largest absolute Gasteiger partial charge is 0.392 e. The van der Waals surface area contributed by atoms with Gasteiger partial charge in [0.15, 0.2) is 0 Å². The van der Waals surface area contributed by atoms with Gasteiger partial charge in [0.1, 0.15) is 11.6 Å². The van der Waals surface area contributed by atoms with E-state index in [1.54, 1.807) is 0 Å². The molecule has 0 aromatic heterocycles. The fourth-order valence-electron chi connectivity index (χ4n) is 2.06. The first kappa shape index (κ1) is 17.1. The van der Waals surface area contributed by atoms with Crippen molar-refractivity contribution in [2.24, 2.45) is 0 Å². The third-order valence-electron chi connectivity index (χ3n) is 3.15. The van der Waals surface area contributed by atoms with Gasteiger partial charge in [-0.2, -0.15) is 0 Å². The molecule has 2 N–H and O–H groups in total. The van der Waals surface area contributed by atoms with E-state index in [4.69, 9.17) is 4.84 Å². The second-order valence-corrected chi connectivity index (χ2v) is 5.10. The monoisotopic (exact) mass is 321 g/mol. The normalized spacial score (nSPS) is 12.0. The highest BCUT2D eigenvalue weighted by molar-refractivity contribution is 5.75. The van der Waals surface area contributed by atoms with Gasteiger partial charge in [-0.1, -0.05) is 30.3 Å². The number of benzene rings is 2. The highest BCUT2D eigenvalue weighted by atomic mass is 19.1. The van der Waals surface area contributed by atoms with E-state index < -0.39 is 23.6 Å². The number of amides is 1. The second-order valence-electron chi connectivity index (χ2n) is 5.10. The molecule has 0 heterocycles. The molecule has 2 aromatic rings. The SMILES string of the molecule is O=C(C[C@@H](O)Cc1cc(F)ccc1F)NOCc1ccccc1. The molecule has 1 amide bonds. The van der Waals surface area contributed by atoms with E-state index in [-0.39, 0.29) is 25.0 Å². The Morgan fingerprint density at radius 1 is 1.17 bits per heavy atom. The first-order valence-corrected chi connectivity index (χ1v) is 7.11. The second kappa shape index (κ2) is 8.36. The lowest BCUT2D eigenvalue weighted by molar-refractivity contribution is -0.136. The zero-order valence-corrected chi connectivity index (χ0v) is 12.3. The summed E-state index contributed by atoms with van der Waals surface area (Å²) in [7, 11) is 0. The Labute approximate surface area is 132 Å². The van der Waals surface area contributed by atoms with Gasteiger partial charge in [-0.15, -0.1) is 0 Å². The molecule has 23 heavy (non-hydrogen) atoms. The topological polar surface area (TPSA) is 58.6 Å². The highest BCUT2D eigenvalue weighted by Crippen LogP contribution is 2.13. The fraction of sp³-hybridized carbons (Fsp3) is 0.235. The molecule has 2 rings (SSSR count). The molecule has 0 radical (unpaired) electrons. The maximum absolute atomic E-state index is 13.5. The predicted molar refractivity (Wildman–Crippen MR) is 80.1 cm³/mol. The summed E-state index contributed by atoms with van der Waals surface area (Å²) in [6, 6.07) is 12.2. The molecule has 0 spiro atoms. The van der Waals surface area contributed by atoms with E-state index in [1.807, 2.05) is 30.3 Å². The van der Waals surface area contributed by atoms with Crippen LogP contribution in [0.1, 0.15) is 17.5 Å². The number of hydrogen-bond acceptors (Lipinski definition) is 3. The first-order valence-electron chi connectivity index (χ1n) is 7.11. The van der Waals surface area contributed by atoms with Crippen LogP contribution in [0.3, 0.4) is 0 Å². The maximum Gasteiger partial charge on any atom is 0.246 e. The van der Waals surface area contributed by atoms with E-state index >= 15 is 0 Å². The molecule has 0 unspecified atom stereocenters. The van der Waals surface area contributed by atoms with Crippen molar-refractivity contribution < 1.29 is 23.5 Å². The number of hydroxylamine groups is 1. The van der Waals surface area contributed by atoms with Crippen LogP contribution >= 0.6 is 0 Å².